The summed E-state index contributed by atoms with van der Waals surface area (Å²) < 4.78 is 4.86. The monoisotopic (exact) mass is 190 g/mol. The molecule has 1 aromatic rings. The van der Waals surface area contributed by atoms with Crippen LogP contribution in [-0.4, -0.2) is 25.3 Å². The van der Waals surface area contributed by atoms with Crippen LogP contribution in [0.15, 0.2) is 24.3 Å². The molecule has 0 saturated carbocycles. The Balaban J connectivity index is 2.43. The molecule has 0 aliphatic heterocycles. The van der Waals surface area contributed by atoms with Crippen LogP contribution in [0.1, 0.15) is 20.7 Å². The van der Waals surface area contributed by atoms with Gasteiger partial charge in [-0.15, -0.1) is 0 Å². The summed E-state index contributed by atoms with van der Waals surface area (Å²) in [6.07, 6.45) is 0. The topological polar surface area (TPSA) is 43.4 Å². The van der Waals surface area contributed by atoms with Crippen molar-refractivity contribution in [1.29, 1.82) is 0 Å². The van der Waals surface area contributed by atoms with E-state index in [1.807, 2.05) is 0 Å². The van der Waals surface area contributed by atoms with E-state index in [1.165, 1.54) is 7.11 Å². The van der Waals surface area contributed by atoms with Crippen molar-refractivity contribution in [3.63, 3.8) is 0 Å². The number of hydrogen-bond donors (Lipinski definition) is 0. The third kappa shape index (κ3) is 1.17. The molecule has 0 saturated heterocycles. The normalized spacial score (nSPS) is 16.1. The van der Waals surface area contributed by atoms with Crippen molar-refractivity contribution in [3.8, 4) is 0 Å². The first-order chi connectivity index (χ1) is 6.75. The van der Waals surface area contributed by atoms with Gasteiger partial charge in [-0.25, -0.2) is 0 Å². The Morgan fingerprint density at radius 2 is 1.64 bits per heavy atom. The third-order valence-corrected chi connectivity index (χ3v) is 2.42. The number of benzene rings is 1. The highest BCUT2D eigenvalue weighted by Crippen LogP contribution is 2.26. The third-order valence-electron chi connectivity index (χ3n) is 2.42. The SMILES string of the molecule is COCC1C(=O)c2ccccc2C1=O. The first kappa shape index (κ1) is 9.09. The molecule has 1 aliphatic carbocycles. The summed E-state index contributed by atoms with van der Waals surface area (Å²) in [6, 6.07) is 6.90. The van der Waals surface area contributed by atoms with Gasteiger partial charge in [0.05, 0.1) is 6.61 Å². The molecular formula is C11H10O3. The average molecular weight is 190 g/mol. The van der Waals surface area contributed by atoms with Gasteiger partial charge < -0.3 is 4.74 Å². The van der Waals surface area contributed by atoms with Crippen LogP contribution in [0.25, 0.3) is 0 Å². The number of ketones is 2. The van der Waals surface area contributed by atoms with Crippen molar-refractivity contribution in [2.75, 3.05) is 13.7 Å². The van der Waals surface area contributed by atoms with E-state index in [4.69, 9.17) is 4.74 Å². The summed E-state index contributed by atoms with van der Waals surface area (Å²) in [7, 11) is 1.49. The molecule has 2 rings (SSSR count). The molecule has 0 spiro atoms. The Kier molecular flexibility index (Phi) is 2.17. The lowest BCUT2D eigenvalue weighted by Crippen LogP contribution is -2.20. The van der Waals surface area contributed by atoms with Gasteiger partial charge in [-0.2, -0.15) is 0 Å². The minimum atomic E-state index is -0.627. The predicted octanol–water partition coefficient (Wildman–Crippen LogP) is 1.33. The van der Waals surface area contributed by atoms with Gasteiger partial charge in [-0.05, 0) is 0 Å². The number of methoxy groups -OCH3 is 1. The summed E-state index contributed by atoms with van der Waals surface area (Å²) >= 11 is 0. The second-order valence-electron chi connectivity index (χ2n) is 3.28. The number of carbonyl (C=O) groups is 2. The molecule has 0 aromatic heterocycles. The Morgan fingerprint density at radius 1 is 1.14 bits per heavy atom. The lowest BCUT2D eigenvalue weighted by molar-refractivity contribution is 0.0725. The Morgan fingerprint density at radius 3 is 2.07 bits per heavy atom. The van der Waals surface area contributed by atoms with Gasteiger partial charge in [-0.1, -0.05) is 24.3 Å². The maximum Gasteiger partial charge on any atom is 0.176 e. The molecule has 0 bridgehead atoms. The predicted molar refractivity (Wildman–Crippen MR) is 50.5 cm³/mol. The number of ether oxygens (including phenoxy) is 1. The van der Waals surface area contributed by atoms with E-state index in [-0.39, 0.29) is 18.2 Å². The fourth-order valence-corrected chi connectivity index (χ4v) is 1.73. The molecule has 0 N–H and O–H groups in total. The summed E-state index contributed by atoms with van der Waals surface area (Å²) in [5, 5.41) is 0. The maximum atomic E-state index is 11.7. The Bertz CT molecular complexity index is 360. The molecule has 72 valence electrons. The molecule has 1 aromatic carbocycles. The van der Waals surface area contributed by atoms with Crippen LogP contribution in [-0.2, 0) is 4.74 Å². The second kappa shape index (κ2) is 3.35. The number of carbonyl (C=O) groups excluding carboxylic acids is 2. The Hall–Kier alpha value is -1.48. The fraction of sp³-hybridized carbons (Fsp3) is 0.273. The van der Waals surface area contributed by atoms with E-state index in [2.05, 4.69) is 0 Å². The zero-order chi connectivity index (χ0) is 10.1. The van der Waals surface area contributed by atoms with Gasteiger partial charge in [0.15, 0.2) is 11.6 Å². The largest absolute Gasteiger partial charge is 0.383 e. The van der Waals surface area contributed by atoms with E-state index >= 15 is 0 Å². The van der Waals surface area contributed by atoms with E-state index in [1.54, 1.807) is 24.3 Å². The van der Waals surface area contributed by atoms with Crippen molar-refractivity contribution >= 4 is 11.6 Å². The van der Waals surface area contributed by atoms with Crippen molar-refractivity contribution in [3.05, 3.63) is 35.4 Å². The van der Waals surface area contributed by atoms with Gasteiger partial charge in [0.2, 0.25) is 0 Å². The minimum absolute atomic E-state index is 0.118. The molecule has 0 radical (unpaired) electrons. The number of fused-ring (bicyclic) bond motifs is 1. The molecule has 0 atom stereocenters. The number of rotatable bonds is 2. The van der Waals surface area contributed by atoms with Crippen LogP contribution in [0, 0.1) is 5.92 Å². The van der Waals surface area contributed by atoms with E-state index in [0.717, 1.165) is 0 Å². The van der Waals surface area contributed by atoms with Gasteiger partial charge in [0, 0.05) is 18.2 Å². The first-order valence-corrected chi connectivity index (χ1v) is 4.42. The van der Waals surface area contributed by atoms with E-state index in [0.29, 0.717) is 11.1 Å². The van der Waals surface area contributed by atoms with Gasteiger partial charge in [0.1, 0.15) is 5.92 Å². The van der Waals surface area contributed by atoms with E-state index < -0.39 is 5.92 Å². The molecule has 0 amide bonds. The molecule has 0 fully saturated rings. The highest BCUT2D eigenvalue weighted by Gasteiger charge is 2.37. The van der Waals surface area contributed by atoms with Gasteiger partial charge >= 0.3 is 0 Å². The highest BCUT2D eigenvalue weighted by atomic mass is 16.5. The molecule has 3 heteroatoms. The van der Waals surface area contributed by atoms with Gasteiger partial charge in [-0.3, -0.25) is 9.59 Å². The van der Waals surface area contributed by atoms with Crippen molar-refractivity contribution in [2.24, 2.45) is 5.92 Å². The van der Waals surface area contributed by atoms with Crippen LogP contribution in [0.2, 0.25) is 0 Å². The minimum Gasteiger partial charge on any atom is -0.383 e. The molecule has 14 heavy (non-hydrogen) atoms. The zero-order valence-electron chi connectivity index (χ0n) is 7.82. The second-order valence-corrected chi connectivity index (χ2v) is 3.28. The van der Waals surface area contributed by atoms with Crippen LogP contribution >= 0.6 is 0 Å². The quantitative estimate of drug-likeness (QED) is 0.661. The molecule has 0 unspecified atom stereocenters. The van der Waals surface area contributed by atoms with Gasteiger partial charge in [0.25, 0.3) is 0 Å². The van der Waals surface area contributed by atoms with Crippen LogP contribution < -0.4 is 0 Å². The summed E-state index contributed by atoms with van der Waals surface area (Å²) in [5.41, 5.74) is 1.05. The van der Waals surface area contributed by atoms with E-state index in [9.17, 15) is 9.59 Å². The smallest absolute Gasteiger partial charge is 0.176 e. The molecule has 3 nitrogen and oxygen atoms in total. The first-order valence-electron chi connectivity index (χ1n) is 4.42. The molecule has 1 aliphatic rings. The van der Waals surface area contributed by atoms with Crippen LogP contribution in [0.4, 0.5) is 0 Å². The van der Waals surface area contributed by atoms with Crippen LogP contribution in [0.5, 0.6) is 0 Å². The van der Waals surface area contributed by atoms with Crippen molar-refractivity contribution < 1.29 is 14.3 Å². The summed E-state index contributed by atoms with van der Waals surface area (Å²) in [6.45, 7) is 0.173. The summed E-state index contributed by atoms with van der Waals surface area (Å²) in [4.78, 5) is 23.4. The molecule has 0 heterocycles. The zero-order valence-corrected chi connectivity index (χ0v) is 7.82. The lowest BCUT2D eigenvalue weighted by atomic mass is 10.1. The molecular weight excluding hydrogens is 180 g/mol. The van der Waals surface area contributed by atoms with Crippen molar-refractivity contribution in [1.82, 2.24) is 0 Å². The lowest BCUT2D eigenvalue weighted by Gasteiger charge is -2.03. The summed E-state index contributed by atoms with van der Waals surface area (Å²) in [5.74, 6) is -0.864. The number of hydrogen-bond acceptors (Lipinski definition) is 3. The average Bonchev–Trinajstić information content (AvgIpc) is 2.45. The standard InChI is InChI=1S/C11H10O3/c1-14-6-9-10(12)7-4-2-3-5-8(7)11(9)13/h2-5,9H,6H2,1H3. The number of Topliss-reactive ketones (excluding diaryl/α,β-unsaturated/α-hetero) is 2. The Labute approximate surface area is 81.7 Å². The maximum absolute atomic E-state index is 11.7. The highest BCUT2D eigenvalue weighted by molar-refractivity contribution is 6.26. The van der Waals surface area contributed by atoms with Crippen LogP contribution in [0.3, 0.4) is 0 Å². The fourth-order valence-electron chi connectivity index (χ4n) is 1.73. The van der Waals surface area contributed by atoms with Crippen molar-refractivity contribution in [2.45, 2.75) is 0 Å².